The number of alkyl carbamates (subject to hydrolysis) is 1. The standard InChI is InChI=1S/C20H27N5O3/c1-20(2,3)28-19(27)22-15-10-9-14-7-5-6-8-16(14)25(13-15)18(26)23-17-11-12-21-24(17)4/h5-8,11-12,15H,9-10,13H2,1-4H3,(H,22,27)(H,23,26). The summed E-state index contributed by atoms with van der Waals surface area (Å²) in [6, 6.07) is 9.04. The first kappa shape index (κ1) is 19.7. The molecule has 150 valence electrons. The number of nitrogens with one attached hydrogen (secondary N) is 2. The average Bonchev–Trinajstić information content (AvgIpc) is 2.91. The van der Waals surface area contributed by atoms with Crippen LogP contribution in [-0.2, 0) is 18.2 Å². The molecule has 0 bridgehead atoms. The van der Waals surface area contributed by atoms with Gasteiger partial charge in [-0.05, 0) is 45.2 Å². The third-order valence-corrected chi connectivity index (χ3v) is 4.47. The van der Waals surface area contributed by atoms with Gasteiger partial charge in [-0.1, -0.05) is 18.2 Å². The zero-order valence-corrected chi connectivity index (χ0v) is 16.7. The molecule has 8 nitrogen and oxygen atoms in total. The number of anilines is 2. The summed E-state index contributed by atoms with van der Waals surface area (Å²) < 4.78 is 6.97. The van der Waals surface area contributed by atoms with Gasteiger partial charge in [-0.25, -0.2) is 9.59 Å². The number of aromatic nitrogens is 2. The van der Waals surface area contributed by atoms with Crippen LogP contribution in [0.15, 0.2) is 36.5 Å². The summed E-state index contributed by atoms with van der Waals surface area (Å²) in [6.45, 7) is 5.81. The Morgan fingerprint density at radius 3 is 2.64 bits per heavy atom. The Balaban J connectivity index is 1.79. The summed E-state index contributed by atoms with van der Waals surface area (Å²) >= 11 is 0. The summed E-state index contributed by atoms with van der Waals surface area (Å²) in [5, 5.41) is 9.87. The molecule has 1 aromatic carbocycles. The summed E-state index contributed by atoms with van der Waals surface area (Å²) in [5.74, 6) is 0.600. The molecule has 2 aromatic rings. The van der Waals surface area contributed by atoms with Crippen LogP contribution in [0.5, 0.6) is 0 Å². The number of nitrogens with zero attached hydrogens (tertiary/aromatic N) is 3. The molecule has 0 fully saturated rings. The highest BCUT2D eigenvalue weighted by Crippen LogP contribution is 2.27. The van der Waals surface area contributed by atoms with Crippen LogP contribution < -0.4 is 15.5 Å². The van der Waals surface area contributed by atoms with Crippen LogP contribution in [0.3, 0.4) is 0 Å². The number of carbonyl (C=O) groups is 2. The molecule has 0 radical (unpaired) electrons. The second-order valence-corrected chi connectivity index (χ2v) is 7.89. The second kappa shape index (κ2) is 7.92. The Morgan fingerprint density at radius 2 is 1.96 bits per heavy atom. The van der Waals surface area contributed by atoms with E-state index in [4.69, 9.17) is 4.74 Å². The van der Waals surface area contributed by atoms with Gasteiger partial charge < -0.3 is 10.1 Å². The molecule has 1 aliphatic heterocycles. The first-order chi connectivity index (χ1) is 13.2. The molecule has 0 saturated carbocycles. The van der Waals surface area contributed by atoms with Crippen LogP contribution in [0.2, 0.25) is 0 Å². The largest absolute Gasteiger partial charge is 0.444 e. The van der Waals surface area contributed by atoms with Gasteiger partial charge in [-0.2, -0.15) is 5.10 Å². The molecule has 28 heavy (non-hydrogen) atoms. The Morgan fingerprint density at radius 1 is 1.21 bits per heavy atom. The molecule has 1 atom stereocenters. The van der Waals surface area contributed by atoms with Crippen molar-refractivity contribution in [1.82, 2.24) is 15.1 Å². The minimum atomic E-state index is -0.575. The maximum Gasteiger partial charge on any atom is 0.407 e. The summed E-state index contributed by atoms with van der Waals surface area (Å²) in [7, 11) is 1.76. The SMILES string of the molecule is Cn1nccc1NC(=O)N1CC(NC(=O)OC(C)(C)C)CCc2ccccc21. The number of ether oxygens (including phenoxy) is 1. The lowest BCUT2D eigenvalue weighted by Crippen LogP contribution is -2.47. The van der Waals surface area contributed by atoms with E-state index in [1.165, 1.54) is 0 Å². The normalized spacial score (nSPS) is 16.7. The van der Waals surface area contributed by atoms with Gasteiger partial charge in [0, 0.05) is 25.3 Å². The summed E-state index contributed by atoms with van der Waals surface area (Å²) in [5.41, 5.74) is 1.33. The van der Waals surface area contributed by atoms with Gasteiger partial charge in [-0.3, -0.25) is 14.9 Å². The first-order valence-corrected chi connectivity index (χ1v) is 9.37. The number of para-hydroxylation sites is 1. The number of urea groups is 1. The van der Waals surface area contributed by atoms with Crippen molar-refractivity contribution in [1.29, 1.82) is 0 Å². The van der Waals surface area contributed by atoms with Crippen LogP contribution in [0.25, 0.3) is 0 Å². The van der Waals surface area contributed by atoms with E-state index in [0.29, 0.717) is 18.8 Å². The van der Waals surface area contributed by atoms with E-state index < -0.39 is 11.7 Å². The van der Waals surface area contributed by atoms with Crippen molar-refractivity contribution in [2.24, 2.45) is 7.05 Å². The lowest BCUT2D eigenvalue weighted by Gasteiger charge is -2.27. The molecular weight excluding hydrogens is 358 g/mol. The number of benzene rings is 1. The predicted octanol–water partition coefficient (Wildman–Crippen LogP) is 3.30. The molecule has 1 unspecified atom stereocenters. The molecule has 2 heterocycles. The van der Waals surface area contributed by atoms with Crippen LogP contribution in [0.4, 0.5) is 21.1 Å². The quantitative estimate of drug-likeness (QED) is 0.830. The summed E-state index contributed by atoms with van der Waals surface area (Å²) in [4.78, 5) is 26.9. The smallest absolute Gasteiger partial charge is 0.407 e. The van der Waals surface area contributed by atoms with Crippen LogP contribution >= 0.6 is 0 Å². The van der Waals surface area contributed by atoms with E-state index in [2.05, 4.69) is 15.7 Å². The highest BCUT2D eigenvalue weighted by molar-refractivity contribution is 6.02. The van der Waals surface area contributed by atoms with Crippen LogP contribution in [-0.4, -0.2) is 40.1 Å². The van der Waals surface area contributed by atoms with Gasteiger partial charge in [0.25, 0.3) is 0 Å². The molecule has 0 saturated heterocycles. The van der Waals surface area contributed by atoms with E-state index in [1.807, 2.05) is 45.0 Å². The maximum atomic E-state index is 13.0. The molecular formula is C20H27N5O3. The van der Waals surface area contributed by atoms with E-state index in [1.54, 1.807) is 28.9 Å². The zero-order chi connectivity index (χ0) is 20.3. The minimum absolute atomic E-state index is 0.223. The number of aryl methyl sites for hydroxylation is 2. The van der Waals surface area contributed by atoms with Crippen molar-refractivity contribution < 1.29 is 14.3 Å². The number of amides is 3. The highest BCUT2D eigenvalue weighted by Gasteiger charge is 2.28. The number of fused-ring (bicyclic) bond motifs is 1. The second-order valence-electron chi connectivity index (χ2n) is 7.89. The number of hydrogen-bond acceptors (Lipinski definition) is 4. The lowest BCUT2D eigenvalue weighted by atomic mass is 10.1. The third-order valence-electron chi connectivity index (χ3n) is 4.47. The monoisotopic (exact) mass is 385 g/mol. The van der Waals surface area contributed by atoms with Crippen LogP contribution in [0, 0.1) is 0 Å². The van der Waals surface area contributed by atoms with Crippen molar-refractivity contribution in [2.45, 2.75) is 45.3 Å². The number of hydrogen-bond donors (Lipinski definition) is 2. The molecule has 0 aliphatic carbocycles. The Labute approximate surface area is 164 Å². The average molecular weight is 385 g/mol. The van der Waals surface area contributed by atoms with Gasteiger partial charge >= 0.3 is 12.1 Å². The van der Waals surface area contributed by atoms with E-state index in [0.717, 1.165) is 17.7 Å². The molecule has 0 spiro atoms. The minimum Gasteiger partial charge on any atom is -0.444 e. The first-order valence-electron chi connectivity index (χ1n) is 9.37. The van der Waals surface area contributed by atoms with E-state index in [-0.39, 0.29) is 12.1 Å². The zero-order valence-electron chi connectivity index (χ0n) is 16.7. The number of carbonyl (C=O) groups excluding carboxylic acids is 2. The molecule has 8 heteroatoms. The van der Waals surface area contributed by atoms with Crippen molar-refractivity contribution in [2.75, 3.05) is 16.8 Å². The molecule has 1 aliphatic rings. The highest BCUT2D eigenvalue weighted by atomic mass is 16.6. The van der Waals surface area contributed by atoms with Crippen molar-refractivity contribution in [3.05, 3.63) is 42.1 Å². The number of rotatable bonds is 2. The van der Waals surface area contributed by atoms with Crippen LogP contribution in [0.1, 0.15) is 32.8 Å². The fraction of sp³-hybridized carbons (Fsp3) is 0.450. The Kier molecular flexibility index (Phi) is 5.58. The third kappa shape index (κ3) is 4.82. The lowest BCUT2D eigenvalue weighted by molar-refractivity contribution is 0.0504. The summed E-state index contributed by atoms with van der Waals surface area (Å²) in [6.07, 6.45) is 2.62. The Hall–Kier alpha value is -3.03. The topological polar surface area (TPSA) is 88.5 Å². The van der Waals surface area contributed by atoms with Crippen molar-refractivity contribution in [3.8, 4) is 0 Å². The molecule has 3 rings (SSSR count). The molecule has 2 N–H and O–H groups in total. The van der Waals surface area contributed by atoms with Gasteiger partial charge in [0.2, 0.25) is 0 Å². The fourth-order valence-corrected chi connectivity index (χ4v) is 3.18. The fourth-order valence-electron chi connectivity index (χ4n) is 3.18. The van der Waals surface area contributed by atoms with E-state index in [9.17, 15) is 9.59 Å². The molecule has 3 amide bonds. The van der Waals surface area contributed by atoms with Crippen molar-refractivity contribution in [3.63, 3.8) is 0 Å². The van der Waals surface area contributed by atoms with Gasteiger partial charge in [0.15, 0.2) is 0 Å². The maximum absolute atomic E-state index is 13.0. The Bertz CT molecular complexity index is 856. The van der Waals surface area contributed by atoms with Gasteiger partial charge in [0.1, 0.15) is 11.4 Å². The molecule has 1 aromatic heterocycles. The predicted molar refractivity (Wildman–Crippen MR) is 107 cm³/mol. The van der Waals surface area contributed by atoms with Gasteiger partial charge in [-0.15, -0.1) is 0 Å². The van der Waals surface area contributed by atoms with Crippen molar-refractivity contribution >= 4 is 23.6 Å². The van der Waals surface area contributed by atoms with Gasteiger partial charge in [0.05, 0.1) is 12.2 Å². The van der Waals surface area contributed by atoms with E-state index >= 15 is 0 Å².